The molecular formula is C27H23N3O3S. The Kier molecular flexibility index (Phi) is 7.27. The summed E-state index contributed by atoms with van der Waals surface area (Å²) in [5.74, 6) is -1.08. The summed E-state index contributed by atoms with van der Waals surface area (Å²) in [5, 5.41) is 32.4. The first-order chi connectivity index (χ1) is 16.5. The Bertz CT molecular complexity index is 1330. The number of hydrogen-bond donors (Lipinski definition) is 4. The van der Waals surface area contributed by atoms with Crippen molar-refractivity contribution in [2.45, 2.75) is 13.0 Å². The maximum Gasteiger partial charge on any atom is 0.355 e. The second-order valence-electron chi connectivity index (χ2n) is 7.63. The fraction of sp³-hybridized carbons (Fsp3) is 0.0741. The summed E-state index contributed by atoms with van der Waals surface area (Å²) in [6, 6.07) is 25.4. The van der Waals surface area contributed by atoms with Gasteiger partial charge in [-0.2, -0.15) is 0 Å². The highest BCUT2D eigenvalue weighted by atomic mass is 32.1. The van der Waals surface area contributed by atoms with E-state index < -0.39 is 5.97 Å². The predicted octanol–water partition coefficient (Wildman–Crippen LogP) is 5.61. The van der Waals surface area contributed by atoms with Crippen molar-refractivity contribution in [3.05, 3.63) is 118 Å². The van der Waals surface area contributed by atoms with Gasteiger partial charge in [0.1, 0.15) is 0 Å². The quantitative estimate of drug-likeness (QED) is 0.239. The second-order valence-corrected chi connectivity index (χ2v) is 8.49. The highest BCUT2D eigenvalue weighted by Crippen LogP contribution is 2.23. The smallest absolute Gasteiger partial charge is 0.355 e. The second kappa shape index (κ2) is 10.7. The summed E-state index contributed by atoms with van der Waals surface area (Å²) in [6.07, 6.45) is 2.19. The number of benzene rings is 3. The summed E-state index contributed by atoms with van der Waals surface area (Å²) < 4.78 is 0. The molecule has 1 aromatic heterocycles. The highest BCUT2D eigenvalue weighted by Gasteiger charge is 2.13. The molecule has 4 rings (SSSR count). The van der Waals surface area contributed by atoms with Crippen LogP contribution in [0.15, 0.2) is 96.0 Å². The molecule has 0 spiro atoms. The molecule has 1 heterocycles. The van der Waals surface area contributed by atoms with E-state index in [1.165, 1.54) is 16.7 Å². The van der Waals surface area contributed by atoms with Crippen LogP contribution in [0.1, 0.15) is 27.2 Å². The summed E-state index contributed by atoms with van der Waals surface area (Å²) >= 11 is 1.19. The van der Waals surface area contributed by atoms with Crippen LogP contribution in [-0.4, -0.2) is 26.9 Å². The third-order valence-corrected chi connectivity index (χ3v) is 6.05. The lowest BCUT2D eigenvalue weighted by atomic mass is 9.94. The van der Waals surface area contributed by atoms with Gasteiger partial charge in [-0.25, -0.2) is 9.78 Å². The number of hydrogen-bond acceptors (Lipinski definition) is 6. The molecule has 4 aromatic rings. The van der Waals surface area contributed by atoms with Crippen molar-refractivity contribution in [2.75, 3.05) is 5.32 Å². The number of aromatic carboxylic acids is 1. The van der Waals surface area contributed by atoms with Gasteiger partial charge in [0.05, 0.1) is 12.3 Å². The zero-order chi connectivity index (χ0) is 23.9. The third kappa shape index (κ3) is 5.64. The fourth-order valence-corrected chi connectivity index (χ4v) is 4.11. The van der Waals surface area contributed by atoms with Gasteiger partial charge in [-0.15, -0.1) is 11.3 Å². The Balaban J connectivity index is 1.64. The van der Waals surface area contributed by atoms with E-state index in [0.29, 0.717) is 22.8 Å². The normalized spacial score (nSPS) is 11.3. The van der Waals surface area contributed by atoms with Crippen LogP contribution in [0.2, 0.25) is 0 Å². The van der Waals surface area contributed by atoms with Gasteiger partial charge < -0.3 is 15.5 Å². The molecule has 6 nitrogen and oxygen atoms in total. The Morgan fingerprint density at radius 1 is 0.971 bits per heavy atom. The van der Waals surface area contributed by atoms with Gasteiger partial charge >= 0.3 is 5.97 Å². The predicted molar refractivity (Wildman–Crippen MR) is 136 cm³/mol. The van der Waals surface area contributed by atoms with Crippen LogP contribution in [0, 0.1) is 5.41 Å². The average molecular weight is 470 g/mol. The van der Waals surface area contributed by atoms with Crippen LogP contribution in [-0.2, 0) is 13.0 Å². The van der Waals surface area contributed by atoms with Crippen molar-refractivity contribution in [3.8, 4) is 11.1 Å². The van der Waals surface area contributed by atoms with Crippen LogP contribution in [0.4, 0.5) is 5.13 Å². The summed E-state index contributed by atoms with van der Waals surface area (Å²) in [6.45, 7) is -0.0252. The number of anilines is 1. The van der Waals surface area contributed by atoms with E-state index >= 15 is 0 Å². The van der Waals surface area contributed by atoms with E-state index in [9.17, 15) is 9.90 Å². The van der Waals surface area contributed by atoms with Crippen LogP contribution >= 0.6 is 11.3 Å². The van der Waals surface area contributed by atoms with E-state index in [-0.39, 0.29) is 12.3 Å². The highest BCUT2D eigenvalue weighted by molar-refractivity contribution is 7.13. The maximum absolute atomic E-state index is 11.1. The van der Waals surface area contributed by atoms with Gasteiger partial charge in [0, 0.05) is 23.6 Å². The lowest BCUT2D eigenvalue weighted by molar-refractivity contribution is 0.0691. The molecule has 4 N–H and O–H groups in total. The molecule has 3 aromatic carbocycles. The number of thiazole rings is 1. The molecule has 7 heteroatoms. The van der Waals surface area contributed by atoms with Gasteiger partial charge in [0.25, 0.3) is 0 Å². The number of rotatable bonds is 9. The summed E-state index contributed by atoms with van der Waals surface area (Å²) in [7, 11) is 0. The minimum Gasteiger partial charge on any atom is -0.476 e. The lowest BCUT2D eigenvalue weighted by Crippen LogP contribution is -2.09. The molecule has 0 atom stereocenters. The summed E-state index contributed by atoms with van der Waals surface area (Å²) in [4.78, 5) is 15.2. The number of nitrogens with one attached hydrogen (secondary N) is 2. The first-order valence-electron chi connectivity index (χ1n) is 10.6. The molecule has 0 saturated carbocycles. The maximum atomic E-state index is 11.1. The molecule has 0 radical (unpaired) electrons. The van der Waals surface area contributed by atoms with Crippen molar-refractivity contribution >= 4 is 28.1 Å². The molecule has 0 saturated heterocycles. The third-order valence-electron chi connectivity index (χ3n) is 5.27. The van der Waals surface area contributed by atoms with E-state index in [1.807, 2.05) is 78.9 Å². The number of carboxylic acid groups (broad SMARTS) is 1. The Hall–Kier alpha value is -4.07. The van der Waals surface area contributed by atoms with Crippen molar-refractivity contribution in [2.24, 2.45) is 0 Å². The van der Waals surface area contributed by atoms with E-state index in [1.54, 1.807) is 6.20 Å². The largest absolute Gasteiger partial charge is 0.476 e. The van der Waals surface area contributed by atoms with E-state index in [4.69, 9.17) is 10.5 Å². The van der Waals surface area contributed by atoms with Crippen LogP contribution < -0.4 is 5.32 Å². The number of allylic oxidation sites excluding steroid dienone is 1. The van der Waals surface area contributed by atoms with E-state index in [2.05, 4.69) is 10.3 Å². The minimum absolute atomic E-state index is 0.0207. The molecule has 0 aliphatic rings. The molecule has 170 valence electrons. The molecule has 0 unspecified atom stereocenters. The molecule has 0 aliphatic heterocycles. The van der Waals surface area contributed by atoms with Crippen LogP contribution in [0.5, 0.6) is 0 Å². The van der Waals surface area contributed by atoms with Crippen molar-refractivity contribution < 1.29 is 15.0 Å². The van der Waals surface area contributed by atoms with Crippen LogP contribution in [0.3, 0.4) is 0 Å². The van der Waals surface area contributed by atoms with Crippen molar-refractivity contribution in [1.82, 2.24) is 4.98 Å². The number of aromatic nitrogens is 1. The van der Waals surface area contributed by atoms with Gasteiger partial charge in [0.15, 0.2) is 10.8 Å². The molecule has 34 heavy (non-hydrogen) atoms. The Morgan fingerprint density at radius 2 is 1.68 bits per heavy atom. The first kappa shape index (κ1) is 23.1. The van der Waals surface area contributed by atoms with Gasteiger partial charge in [-0.05, 0) is 33.9 Å². The SMILES string of the molecule is N=C(/C(=C\Nc1nc(C(=O)O)cs1)Cc1ccc(CO)cc1)c1cccc(-c2ccccc2)c1. The fourth-order valence-electron chi connectivity index (χ4n) is 3.45. The summed E-state index contributed by atoms with van der Waals surface area (Å²) in [5.41, 5.74) is 5.72. The van der Waals surface area contributed by atoms with Gasteiger partial charge in [-0.3, -0.25) is 5.41 Å². The monoisotopic (exact) mass is 469 g/mol. The first-order valence-corrected chi connectivity index (χ1v) is 11.5. The number of aliphatic hydroxyl groups is 1. The van der Waals surface area contributed by atoms with Gasteiger partial charge in [0.2, 0.25) is 0 Å². The van der Waals surface area contributed by atoms with E-state index in [0.717, 1.165) is 27.8 Å². The number of nitrogens with zero attached hydrogens (tertiary/aromatic N) is 1. The van der Waals surface area contributed by atoms with Crippen molar-refractivity contribution in [1.29, 1.82) is 5.41 Å². The molecule has 0 amide bonds. The number of carboxylic acids is 1. The standard InChI is InChI=1S/C27H23N3O3S/c28-25(22-8-4-7-21(14-22)20-5-2-1-3-6-20)23(13-18-9-11-19(16-31)12-10-18)15-29-27-30-24(17-34-27)26(32)33/h1-12,14-15,17,28,31H,13,16H2,(H,29,30)(H,32,33)/b23-15-,28-25?. The topological polar surface area (TPSA) is 106 Å². The zero-order valence-electron chi connectivity index (χ0n) is 18.2. The zero-order valence-corrected chi connectivity index (χ0v) is 19.0. The molecule has 0 fully saturated rings. The average Bonchev–Trinajstić information content (AvgIpc) is 3.37. The van der Waals surface area contributed by atoms with Crippen LogP contribution in [0.25, 0.3) is 11.1 Å². The number of aliphatic hydroxyl groups excluding tert-OH is 1. The minimum atomic E-state index is -1.08. The van der Waals surface area contributed by atoms with Gasteiger partial charge in [-0.1, -0.05) is 72.8 Å². The molecule has 0 aliphatic carbocycles. The number of carbonyl (C=O) groups is 1. The molecular weight excluding hydrogens is 446 g/mol. The Labute approximate surface area is 201 Å². The lowest BCUT2D eigenvalue weighted by Gasteiger charge is -2.12. The Morgan fingerprint density at radius 3 is 2.35 bits per heavy atom. The van der Waals surface area contributed by atoms with Crippen molar-refractivity contribution in [3.63, 3.8) is 0 Å². The molecule has 0 bridgehead atoms.